The van der Waals surface area contributed by atoms with Crippen molar-refractivity contribution < 1.29 is 19.1 Å². The summed E-state index contributed by atoms with van der Waals surface area (Å²) in [5, 5.41) is 5.29. The van der Waals surface area contributed by atoms with Crippen LogP contribution in [0.4, 0.5) is 11.4 Å². The number of rotatable bonds is 5. The number of hydrogen-bond acceptors (Lipinski definition) is 4. The molecule has 25 heavy (non-hydrogen) atoms. The van der Waals surface area contributed by atoms with E-state index in [0.717, 1.165) is 5.56 Å². The van der Waals surface area contributed by atoms with Crippen molar-refractivity contribution in [1.29, 1.82) is 0 Å². The zero-order valence-corrected chi connectivity index (χ0v) is 14.3. The quantitative estimate of drug-likeness (QED) is 0.819. The van der Waals surface area contributed by atoms with E-state index in [1.54, 1.807) is 48.5 Å². The largest absolute Gasteiger partial charge is 0.449 e. The van der Waals surface area contributed by atoms with E-state index in [2.05, 4.69) is 10.6 Å². The van der Waals surface area contributed by atoms with Crippen LogP contribution >= 0.6 is 0 Å². The zero-order valence-electron chi connectivity index (χ0n) is 14.3. The Balaban J connectivity index is 1.92. The van der Waals surface area contributed by atoms with Crippen LogP contribution in [0.25, 0.3) is 0 Å². The van der Waals surface area contributed by atoms with Crippen LogP contribution in [0.15, 0.2) is 48.5 Å². The number of carbonyl (C=O) groups excluding carboxylic acids is 3. The molecule has 0 saturated heterocycles. The fraction of sp³-hybridized carbons (Fsp3) is 0.211. The second-order valence-corrected chi connectivity index (χ2v) is 5.66. The third-order valence-electron chi connectivity index (χ3n) is 3.41. The van der Waals surface area contributed by atoms with E-state index >= 15 is 0 Å². The maximum Gasteiger partial charge on any atom is 0.338 e. The van der Waals surface area contributed by atoms with Crippen LogP contribution in [0.1, 0.15) is 29.8 Å². The molecule has 0 aliphatic heterocycles. The number of ether oxygens (including phenoxy) is 1. The van der Waals surface area contributed by atoms with Crippen LogP contribution in [0, 0.1) is 6.92 Å². The van der Waals surface area contributed by atoms with Gasteiger partial charge in [-0.05, 0) is 50.2 Å². The highest BCUT2D eigenvalue weighted by atomic mass is 16.5. The number of esters is 1. The van der Waals surface area contributed by atoms with Crippen LogP contribution in [-0.4, -0.2) is 23.9 Å². The minimum atomic E-state index is -0.941. The molecule has 0 fully saturated rings. The average Bonchev–Trinajstić information content (AvgIpc) is 2.56. The maximum atomic E-state index is 12.1. The fourth-order valence-electron chi connectivity index (χ4n) is 2.06. The number of anilines is 2. The molecule has 0 aliphatic rings. The van der Waals surface area contributed by atoms with Gasteiger partial charge in [0.25, 0.3) is 5.91 Å². The maximum absolute atomic E-state index is 12.1. The predicted octanol–water partition coefficient (Wildman–Crippen LogP) is 3.14. The molecular formula is C19H20N2O4. The summed E-state index contributed by atoms with van der Waals surface area (Å²) in [6, 6.07) is 13.6. The standard InChI is InChI=1S/C19H20N2O4/c1-12-4-6-15(7-5-12)19(24)25-13(2)18(23)21-17-10-8-16(9-11-17)20-14(3)22/h4-11,13H,1-3H3,(H,20,22)(H,21,23). The number of amides is 2. The molecule has 2 aromatic carbocycles. The van der Waals surface area contributed by atoms with Gasteiger partial charge in [-0.25, -0.2) is 4.79 Å². The lowest BCUT2D eigenvalue weighted by atomic mass is 10.1. The molecule has 0 bridgehead atoms. The summed E-state index contributed by atoms with van der Waals surface area (Å²) in [5.41, 5.74) is 2.59. The van der Waals surface area contributed by atoms with Crippen molar-refractivity contribution in [1.82, 2.24) is 0 Å². The molecular weight excluding hydrogens is 320 g/mol. The lowest BCUT2D eigenvalue weighted by Crippen LogP contribution is -2.30. The lowest BCUT2D eigenvalue weighted by molar-refractivity contribution is -0.123. The minimum absolute atomic E-state index is 0.173. The highest BCUT2D eigenvalue weighted by Crippen LogP contribution is 2.14. The first-order valence-electron chi connectivity index (χ1n) is 7.81. The van der Waals surface area contributed by atoms with Crippen molar-refractivity contribution >= 4 is 29.2 Å². The summed E-state index contributed by atoms with van der Waals surface area (Å²) < 4.78 is 5.18. The molecule has 1 atom stereocenters. The molecule has 0 radical (unpaired) electrons. The Morgan fingerprint density at radius 2 is 1.40 bits per heavy atom. The van der Waals surface area contributed by atoms with Crippen molar-refractivity contribution in [2.75, 3.05) is 10.6 Å². The molecule has 6 nitrogen and oxygen atoms in total. The lowest BCUT2D eigenvalue weighted by Gasteiger charge is -2.14. The van der Waals surface area contributed by atoms with E-state index < -0.39 is 18.0 Å². The zero-order chi connectivity index (χ0) is 18.4. The van der Waals surface area contributed by atoms with Gasteiger partial charge in [0.2, 0.25) is 5.91 Å². The Kier molecular flexibility index (Phi) is 5.89. The van der Waals surface area contributed by atoms with Gasteiger partial charge in [0.1, 0.15) is 0 Å². The molecule has 130 valence electrons. The average molecular weight is 340 g/mol. The third-order valence-corrected chi connectivity index (χ3v) is 3.41. The van der Waals surface area contributed by atoms with E-state index in [4.69, 9.17) is 4.74 Å². The molecule has 2 aromatic rings. The van der Waals surface area contributed by atoms with Crippen LogP contribution in [-0.2, 0) is 14.3 Å². The molecule has 0 aliphatic carbocycles. The molecule has 6 heteroatoms. The summed E-state index contributed by atoms with van der Waals surface area (Å²) in [7, 11) is 0. The smallest absolute Gasteiger partial charge is 0.338 e. The summed E-state index contributed by atoms with van der Waals surface area (Å²) in [6.07, 6.45) is -0.941. The Hall–Kier alpha value is -3.15. The Bertz CT molecular complexity index is 767. The molecule has 1 unspecified atom stereocenters. The highest BCUT2D eigenvalue weighted by Gasteiger charge is 2.19. The first-order valence-corrected chi connectivity index (χ1v) is 7.81. The van der Waals surface area contributed by atoms with E-state index in [1.807, 2.05) is 6.92 Å². The first kappa shape index (κ1) is 18.2. The second kappa shape index (κ2) is 8.10. The Labute approximate surface area is 146 Å². The van der Waals surface area contributed by atoms with E-state index in [0.29, 0.717) is 16.9 Å². The third kappa shape index (κ3) is 5.46. The van der Waals surface area contributed by atoms with Crippen LogP contribution < -0.4 is 10.6 Å². The Morgan fingerprint density at radius 1 is 0.880 bits per heavy atom. The van der Waals surface area contributed by atoms with E-state index in [1.165, 1.54) is 13.8 Å². The first-order chi connectivity index (χ1) is 11.8. The van der Waals surface area contributed by atoms with Gasteiger partial charge in [0.05, 0.1) is 5.56 Å². The number of hydrogen-bond donors (Lipinski definition) is 2. The van der Waals surface area contributed by atoms with Crippen molar-refractivity contribution in [3.63, 3.8) is 0 Å². The summed E-state index contributed by atoms with van der Waals surface area (Å²) in [5.74, 6) is -1.16. The van der Waals surface area contributed by atoms with Crippen molar-refractivity contribution in [3.8, 4) is 0 Å². The molecule has 0 spiro atoms. The van der Waals surface area contributed by atoms with Gasteiger partial charge in [-0.3, -0.25) is 9.59 Å². The molecule has 0 heterocycles. The topological polar surface area (TPSA) is 84.5 Å². The fourth-order valence-corrected chi connectivity index (χ4v) is 2.06. The monoisotopic (exact) mass is 340 g/mol. The van der Waals surface area contributed by atoms with Crippen LogP contribution in [0.5, 0.6) is 0 Å². The number of aryl methyl sites for hydroxylation is 1. The number of benzene rings is 2. The second-order valence-electron chi connectivity index (χ2n) is 5.66. The molecule has 0 saturated carbocycles. The van der Waals surface area contributed by atoms with E-state index in [-0.39, 0.29) is 5.91 Å². The van der Waals surface area contributed by atoms with Gasteiger partial charge in [-0.15, -0.1) is 0 Å². The van der Waals surface area contributed by atoms with Crippen molar-refractivity contribution in [3.05, 3.63) is 59.7 Å². The predicted molar refractivity (Wildman–Crippen MR) is 95.4 cm³/mol. The van der Waals surface area contributed by atoms with Crippen LogP contribution in [0.3, 0.4) is 0 Å². The van der Waals surface area contributed by atoms with Gasteiger partial charge in [0, 0.05) is 18.3 Å². The normalized spacial score (nSPS) is 11.3. The SMILES string of the molecule is CC(=O)Nc1ccc(NC(=O)C(C)OC(=O)c2ccc(C)cc2)cc1. The highest BCUT2D eigenvalue weighted by molar-refractivity contribution is 5.97. The Morgan fingerprint density at radius 3 is 1.92 bits per heavy atom. The minimum Gasteiger partial charge on any atom is -0.449 e. The molecule has 2 amide bonds. The number of carbonyl (C=O) groups is 3. The number of nitrogens with one attached hydrogen (secondary N) is 2. The summed E-state index contributed by atoms with van der Waals surface area (Å²) in [6.45, 7) is 4.84. The molecule has 2 N–H and O–H groups in total. The van der Waals surface area contributed by atoms with E-state index in [9.17, 15) is 14.4 Å². The van der Waals surface area contributed by atoms with Gasteiger partial charge in [-0.2, -0.15) is 0 Å². The van der Waals surface area contributed by atoms with Crippen molar-refractivity contribution in [2.45, 2.75) is 26.9 Å². The van der Waals surface area contributed by atoms with Gasteiger partial charge in [-0.1, -0.05) is 17.7 Å². The summed E-state index contributed by atoms with van der Waals surface area (Å²) in [4.78, 5) is 35.1. The van der Waals surface area contributed by atoms with Gasteiger partial charge >= 0.3 is 5.97 Å². The van der Waals surface area contributed by atoms with Crippen molar-refractivity contribution in [2.24, 2.45) is 0 Å². The van der Waals surface area contributed by atoms with Crippen LogP contribution in [0.2, 0.25) is 0 Å². The molecule has 0 aromatic heterocycles. The van der Waals surface area contributed by atoms with Gasteiger partial charge < -0.3 is 15.4 Å². The summed E-state index contributed by atoms with van der Waals surface area (Å²) >= 11 is 0. The van der Waals surface area contributed by atoms with Gasteiger partial charge in [0.15, 0.2) is 6.10 Å². The molecule has 2 rings (SSSR count).